The number of ether oxygens (including phenoxy) is 2. The van der Waals surface area contributed by atoms with Gasteiger partial charge in [-0.1, -0.05) is 41.9 Å². The highest BCUT2D eigenvalue weighted by molar-refractivity contribution is 6.33. The summed E-state index contributed by atoms with van der Waals surface area (Å²) < 4.78 is 11.4. The lowest BCUT2D eigenvalue weighted by atomic mass is 9.60. The molecule has 0 spiro atoms. The number of rotatable bonds is 3. The second kappa shape index (κ2) is 8.16. The summed E-state index contributed by atoms with van der Waals surface area (Å²) in [6.07, 6.45) is 8.15. The van der Waals surface area contributed by atoms with E-state index in [1.807, 2.05) is 43.5 Å². The van der Waals surface area contributed by atoms with Crippen LogP contribution in [0.15, 0.2) is 48.7 Å². The van der Waals surface area contributed by atoms with E-state index in [1.165, 1.54) is 0 Å². The van der Waals surface area contributed by atoms with Crippen LogP contribution in [0.5, 0.6) is 0 Å². The Morgan fingerprint density at radius 3 is 2.87 bits per heavy atom. The summed E-state index contributed by atoms with van der Waals surface area (Å²) >= 11 is 6.31. The van der Waals surface area contributed by atoms with Gasteiger partial charge in [0, 0.05) is 41.5 Å². The Hall–Kier alpha value is -2.17. The maximum Gasteiger partial charge on any atom is 0.309 e. The van der Waals surface area contributed by atoms with Gasteiger partial charge in [0.2, 0.25) is 0 Å². The van der Waals surface area contributed by atoms with E-state index in [1.54, 1.807) is 0 Å². The van der Waals surface area contributed by atoms with Crippen LogP contribution >= 0.6 is 11.6 Å². The minimum absolute atomic E-state index is 0.00634. The monoisotopic (exact) mass is 423 g/mol. The third-order valence-electron chi connectivity index (χ3n) is 7.10. The molecule has 2 saturated heterocycles. The quantitative estimate of drug-likeness (QED) is 0.631. The van der Waals surface area contributed by atoms with Crippen molar-refractivity contribution in [3.63, 3.8) is 0 Å². The van der Waals surface area contributed by atoms with Crippen LogP contribution in [0, 0.1) is 29.6 Å². The fraction of sp³-hybridized carbons (Fsp3) is 0.440. The minimum Gasteiger partial charge on any atom is -0.462 e. The molecule has 1 aliphatic carbocycles. The zero-order chi connectivity index (χ0) is 20.7. The topological polar surface area (TPSA) is 48.4 Å². The summed E-state index contributed by atoms with van der Waals surface area (Å²) in [4.78, 5) is 17.0. The molecule has 0 N–H and O–H groups in total. The predicted octanol–water partition coefficient (Wildman–Crippen LogP) is 5.27. The van der Waals surface area contributed by atoms with Gasteiger partial charge in [-0.25, -0.2) is 0 Å². The van der Waals surface area contributed by atoms with Gasteiger partial charge in [-0.05, 0) is 55.7 Å². The van der Waals surface area contributed by atoms with Crippen LogP contribution < -0.4 is 0 Å². The minimum atomic E-state index is -0.0310. The average molecular weight is 424 g/mol. The molecule has 0 amide bonds. The third kappa shape index (κ3) is 3.57. The second-order valence-corrected chi connectivity index (χ2v) is 9.14. The summed E-state index contributed by atoms with van der Waals surface area (Å²) in [5.74, 6) is 1.49. The van der Waals surface area contributed by atoms with Gasteiger partial charge in [-0.3, -0.25) is 9.78 Å². The van der Waals surface area contributed by atoms with Crippen molar-refractivity contribution >= 4 is 23.6 Å². The van der Waals surface area contributed by atoms with E-state index in [0.717, 1.165) is 47.9 Å². The molecule has 2 aromatic rings. The second-order valence-electron chi connectivity index (χ2n) is 8.74. The largest absolute Gasteiger partial charge is 0.462 e. The molecule has 0 bridgehead atoms. The van der Waals surface area contributed by atoms with E-state index >= 15 is 0 Å². The van der Waals surface area contributed by atoms with E-state index in [4.69, 9.17) is 21.1 Å². The van der Waals surface area contributed by atoms with Crippen molar-refractivity contribution in [2.75, 3.05) is 13.2 Å². The van der Waals surface area contributed by atoms with E-state index in [0.29, 0.717) is 17.8 Å². The summed E-state index contributed by atoms with van der Waals surface area (Å²) in [5, 5.41) is 0.723. The lowest BCUT2D eigenvalue weighted by molar-refractivity contribution is -0.144. The highest BCUT2D eigenvalue weighted by Crippen LogP contribution is 2.51. The van der Waals surface area contributed by atoms with Gasteiger partial charge >= 0.3 is 5.97 Å². The van der Waals surface area contributed by atoms with Crippen LogP contribution in [0.2, 0.25) is 5.02 Å². The molecule has 1 aromatic carbocycles. The standard InChI is InChI=1S/C25H26ClNO3/c1-15-24-21(19-10-11-29-14-17(19)12-22(24)25(28)30-15)9-8-18-7-6-16(13-27-18)20-4-2-3-5-23(20)26/h2-9,13,15,17,19,21-22,24H,10-12,14H2,1H3/b9-8+/t15-,17?,19?,21?,22?,24?/m1/s1. The van der Waals surface area contributed by atoms with Crippen molar-refractivity contribution in [3.8, 4) is 11.1 Å². The first kappa shape index (κ1) is 19.8. The molecule has 3 aliphatic rings. The zero-order valence-corrected chi connectivity index (χ0v) is 17.8. The number of cyclic esters (lactones) is 1. The van der Waals surface area contributed by atoms with Crippen molar-refractivity contribution in [1.29, 1.82) is 0 Å². The van der Waals surface area contributed by atoms with Gasteiger partial charge in [0.1, 0.15) is 6.10 Å². The Morgan fingerprint density at radius 1 is 1.20 bits per heavy atom. The summed E-state index contributed by atoms with van der Waals surface area (Å²) in [5.41, 5.74) is 2.90. The molecule has 0 radical (unpaired) electrons. The van der Waals surface area contributed by atoms with Crippen LogP contribution in [-0.4, -0.2) is 30.3 Å². The molecule has 1 aromatic heterocycles. The van der Waals surface area contributed by atoms with Gasteiger partial charge < -0.3 is 9.47 Å². The maximum atomic E-state index is 12.4. The Labute approximate surface area is 182 Å². The van der Waals surface area contributed by atoms with Crippen molar-refractivity contribution in [2.24, 2.45) is 29.6 Å². The van der Waals surface area contributed by atoms with Gasteiger partial charge in [0.25, 0.3) is 0 Å². The third-order valence-corrected chi connectivity index (χ3v) is 7.43. The number of fused-ring (bicyclic) bond motifs is 2. The lowest BCUT2D eigenvalue weighted by Crippen LogP contribution is -2.45. The first-order valence-electron chi connectivity index (χ1n) is 10.8. The number of esters is 1. The zero-order valence-electron chi connectivity index (χ0n) is 17.0. The Balaban J connectivity index is 1.40. The highest BCUT2D eigenvalue weighted by atomic mass is 35.5. The molecule has 3 fully saturated rings. The lowest BCUT2D eigenvalue weighted by Gasteiger charge is -2.45. The number of carbonyl (C=O) groups is 1. The summed E-state index contributed by atoms with van der Waals surface area (Å²) in [6.45, 7) is 3.60. The first-order valence-corrected chi connectivity index (χ1v) is 11.2. The van der Waals surface area contributed by atoms with Crippen molar-refractivity contribution in [2.45, 2.75) is 25.9 Å². The van der Waals surface area contributed by atoms with Crippen LogP contribution in [0.4, 0.5) is 0 Å². The number of aromatic nitrogens is 1. The van der Waals surface area contributed by atoms with Crippen LogP contribution in [0.3, 0.4) is 0 Å². The molecule has 3 heterocycles. The molecule has 4 nitrogen and oxygen atoms in total. The molecular formula is C25H26ClNO3. The molecule has 5 heteroatoms. The number of hydrogen-bond donors (Lipinski definition) is 0. The Kier molecular flexibility index (Phi) is 5.38. The van der Waals surface area contributed by atoms with Crippen molar-refractivity contribution in [3.05, 3.63) is 59.4 Å². The van der Waals surface area contributed by atoms with Gasteiger partial charge in [-0.2, -0.15) is 0 Å². The van der Waals surface area contributed by atoms with Crippen LogP contribution in [0.1, 0.15) is 25.5 Å². The maximum absolute atomic E-state index is 12.4. The first-order chi connectivity index (χ1) is 14.6. The number of halogens is 1. The highest BCUT2D eigenvalue weighted by Gasteiger charge is 2.54. The van der Waals surface area contributed by atoms with Crippen LogP contribution in [-0.2, 0) is 14.3 Å². The molecule has 30 heavy (non-hydrogen) atoms. The number of nitrogens with zero attached hydrogens (tertiary/aromatic N) is 1. The summed E-state index contributed by atoms with van der Waals surface area (Å²) in [7, 11) is 0. The van der Waals surface area contributed by atoms with Gasteiger partial charge in [-0.15, -0.1) is 0 Å². The fourth-order valence-corrected chi connectivity index (χ4v) is 5.93. The Bertz CT molecular complexity index is 957. The van der Waals surface area contributed by atoms with Gasteiger partial charge in [0.15, 0.2) is 0 Å². The molecular weight excluding hydrogens is 398 g/mol. The molecule has 2 aliphatic heterocycles. The number of allylic oxidation sites excluding steroid dienone is 1. The molecule has 5 rings (SSSR count). The molecule has 6 atom stereocenters. The normalized spacial score (nSPS) is 33.2. The van der Waals surface area contributed by atoms with E-state index in [2.05, 4.69) is 23.2 Å². The number of carbonyl (C=O) groups excluding carboxylic acids is 1. The molecule has 1 saturated carbocycles. The SMILES string of the molecule is C[C@H]1OC(=O)C2CC3COCCC3C(/C=C/c3ccc(-c4ccccc4Cl)cn3)C21. The number of hydrogen-bond acceptors (Lipinski definition) is 4. The van der Waals surface area contributed by atoms with E-state index in [-0.39, 0.29) is 23.9 Å². The predicted molar refractivity (Wildman–Crippen MR) is 117 cm³/mol. The molecule has 5 unspecified atom stereocenters. The number of pyridine rings is 1. The fourth-order valence-electron chi connectivity index (χ4n) is 5.68. The average Bonchev–Trinajstić information content (AvgIpc) is 3.05. The smallest absolute Gasteiger partial charge is 0.309 e. The van der Waals surface area contributed by atoms with Crippen molar-refractivity contribution < 1.29 is 14.3 Å². The van der Waals surface area contributed by atoms with E-state index in [9.17, 15) is 4.79 Å². The van der Waals surface area contributed by atoms with E-state index < -0.39 is 0 Å². The Morgan fingerprint density at radius 2 is 2.07 bits per heavy atom. The van der Waals surface area contributed by atoms with Gasteiger partial charge in [0.05, 0.1) is 11.6 Å². The molecule has 156 valence electrons. The number of benzene rings is 1. The van der Waals surface area contributed by atoms with Crippen molar-refractivity contribution in [1.82, 2.24) is 4.98 Å². The summed E-state index contributed by atoms with van der Waals surface area (Å²) in [6, 6.07) is 11.9. The van der Waals surface area contributed by atoms with Crippen LogP contribution in [0.25, 0.3) is 17.2 Å².